The molecule has 1 heterocycles. The molecule has 0 atom stereocenters. The van der Waals surface area contributed by atoms with Gasteiger partial charge >= 0.3 is 0 Å². The van der Waals surface area contributed by atoms with Crippen molar-refractivity contribution < 1.29 is 0 Å². The molecule has 4 nitrogen and oxygen atoms in total. The first-order chi connectivity index (χ1) is 15.3. The van der Waals surface area contributed by atoms with E-state index in [1.807, 2.05) is 24.3 Å². The summed E-state index contributed by atoms with van der Waals surface area (Å²) in [5.74, 6) is 1.07. The summed E-state index contributed by atoms with van der Waals surface area (Å²) in [5, 5.41) is 12.5. The monoisotopic (exact) mass is 422 g/mol. The second-order valence-corrected chi connectivity index (χ2v) is 9.40. The summed E-state index contributed by atoms with van der Waals surface area (Å²) < 4.78 is 2.17. The normalized spacial score (nSPS) is 11.5. The predicted molar refractivity (Wildman–Crippen MR) is 132 cm³/mol. The second-order valence-electron chi connectivity index (χ2n) is 9.40. The van der Waals surface area contributed by atoms with Crippen molar-refractivity contribution >= 4 is 16.7 Å². The first-order valence-electron chi connectivity index (χ1n) is 11.1. The van der Waals surface area contributed by atoms with Crippen LogP contribution in [0.1, 0.15) is 48.8 Å². The van der Waals surface area contributed by atoms with Crippen molar-refractivity contribution in [2.75, 3.05) is 5.32 Å². The highest BCUT2D eigenvalue weighted by atomic mass is 15.1. The fourth-order valence-corrected chi connectivity index (χ4v) is 3.91. The average molecular weight is 423 g/mol. The zero-order chi connectivity index (χ0) is 22.7. The van der Waals surface area contributed by atoms with E-state index in [0.717, 1.165) is 41.9 Å². The number of benzene rings is 3. The minimum atomic E-state index is 0.174. The van der Waals surface area contributed by atoms with Crippen LogP contribution in [0.3, 0.4) is 0 Å². The van der Waals surface area contributed by atoms with Gasteiger partial charge in [0.2, 0.25) is 0 Å². The van der Waals surface area contributed by atoms with Gasteiger partial charge in [0.1, 0.15) is 5.82 Å². The molecular weight excluding hydrogens is 392 g/mol. The Kier molecular flexibility index (Phi) is 6.01. The van der Waals surface area contributed by atoms with E-state index in [-0.39, 0.29) is 5.41 Å². The SMILES string of the molecule is Cn1c(CCc2ccc(C#N)cc2)nc2cc(NCc3ccc(C(C)(C)C)cc3)ccc21. The van der Waals surface area contributed by atoms with Crippen LogP contribution >= 0.6 is 0 Å². The van der Waals surface area contributed by atoms with Gasteiger partial charge in [-0.3, -0.25) is 0 Å². The molecule has 0 aliphatic heterocycles. The quantitative estimate of drug-likeness (QED) is 0.406. The third-order valence-corrected chi connectivity index (χ3v) is 6.01. The van der Waals surface area contributed by atoms with Crippen LogP contribution in [-0.4, -0.2) is 9.55 Å². The molecule has 1 N–H and O–H groups in total. The number of aryl methyl sites for hydroxylation is 3. The first-order valence-corrected chi connectivity index (χ1v) is 11.1. The van der Waals surface area contributed by atoms with Gasteiger partial charge < -0.3 is 9.88 Å². The summed E-state index contributed by atoms with van der Waals surface area (Å²) >= 11 is 0. The van der Waals surface area contributed by atoms with E-state index in [0.29, 0.717) is 5.56 Å². The van der Waals surface area contributed by atoms with E-state index in [2.05, 4.69) is 86.2 Å². The van der Waals surface area contributed by atoms with Gasteiger partial charge in [-0.1, -0.05) is 57.2 Å². The molecule has 0 aliphatic carbocycles. The predicted octanol–water partition coefficient (Wildman–Crippen LogP) is 6.14. The van der Waals surface area contributed by atoms with Crippen LogP contribution < -0.4 is 5.32 Å². The molecule has 4 rings (SSSR count). The van der Waals surface area contributed by atoms with E-state index in [1.165, 1.54) is 16.7 Å². The molecule has 4 aromatic rings. The molecule has 1 aromatic heterocycles. The summed E-state index contributed by atoms with van der Waals surface area (Å²) in [5.41, 5.74) is 7.93. The van der Waals surface area contributed by atoms with Gasteiger partial charge in [-0.15, -0.1) is 0 Å². The summed E-state index contributed by atoms with van der Waals surface area (Å²) in [4.78, 5) is 4.89. The molecule has 0 spiro atoms. The summed E-state index contributed by atoms with van der Waals surface area (Å²) in [7, 11) is 2.08. The van der Waals surface area contributed by atoms with Crippen molar-refractivity contribution in [3.8, 4) is 6.07 Å². The van der Waals surface area contributed by atoms with Gasteiger partial charge in [0, 0.05) is 25.7 Å². The maximum Gasteiger partial charge on any atom is 0.109 e. The van der Waals surface area contributed by atoms with E-state index < -0.39 is 0 Å². The Hall–Kier alpha value is -3.58. The van der Waals surface area contributed by atoms with Crippen LogP contribution in [0.4, 0.5) is 5.69 Å². The summed E-state index contributed by atoms with van der Waals surface area (Å²) in [6.07, 6.45) is 1.76. The Morgan fingerprint density at radius 2 is 1.59 bits per heavy atom. The zero-order valence-corrected chi connectivity index (χ0v) is 19.3. The van der Waals surface area contributed by atoms with Gasteiger partial charge in [-0.05, 0) is 58.9 Å². The average Bonchev–Trinajstić information content (AvgIpc) is 3.11. The number of hydrogen-bond donors (Lipinski definition) is 1. The standard InChI is InChI=1S/C28H30N4/c1-28(2,3)23-12-9-22(10-13-23)19-30-24-14-15-26-25(17-24)31-27(32(26)4)16-11-20-5-7-21(18-29)8-6-20/h5-10,12-15,17,30H,11,16,19H2,1-4H3. The van der Waals surface area contributed by atoms with E-state index in [1.54, 1.807) is 0 Å². The van der Waals surface area contributed by atoms with Crippen LogP contribution in [0.25, 0.3) is 11.0 Å². The lowest BCUT2D eigenvalue weighted by atomic mass is 9.87. The minimum Gasteiger partial charge on any atom is -0.381 e. The molecule has 4 heteroatoms. The van der Waals surface area contributed by atoms with Crippen molar-refractivity contribution in [1.82, 2.24) is 9.55 Å². The number of anilines is 1. The van der Waals surface area contributed by atoms with Gasteiger partial charge in [-0.25, -0.2) is 4.98 Å². The fraction of sp³-hybridized carbons (Fsp3) is 0.286. The molecule has 0 bridgehead atoms. The van der Waals surface area contributed by atoms with Gasteiger partial charge in [0.25, 0.3) is 0 Å². The first kappa shape index (κ1) is 21.6. The Morgan fingerprint density at radius 3 is 2.25 bits per heavy atom. The topological polar surface area (TPSA) is 53.6 Å². The van der Waals surface area contributed by atoms with Gasteiger partial charge in [0.05, 0.1) is 22.7 Å². The second kappa shape index (κ2) is 8.88. The number of aromatic nitrogens is 2. The van der Waals surface area contributed by atoms with Gasteiger partial charge in [0.15, 0.2) is 0 Å². The van der Waals surface area contributed by atoms with Crippen LogP contribution in [0, 0.1) is 11.3 Å². The molecular formula is C28H30N4. The number of nitriles is 1. The van der Waals surface area contributed by atoms with Crippen molar-refractivity contribution in [2.45, 2.75) is 45.6 Å². The van der Waals surface area contributed by atoms with E-state index in [9.17, 15) is 0 Å². The zero-order valence-electron chi connectivity index (χ0n) is 19.3. The Bertz CT molecular complexity index is 1250. The Labute approximate surface area is 190 Å². The summed E-state index contributed by atoms with van der Waals surface area (Å²) in [6, 6.07) is 25.2. The van der Waals surface area contributed by atoms with Crippen molar-refractivity contribution in [3.05, 3.63) is 94.8 Å². The lowest BCUT2D eigenvalue weighted by molar-refractivity contribution is 0.590. The van der Waals surface area contributed by atoms with Crippen LogP contribution in [-0.2, 0) is 31.8 Å². The Balaban J connectivity index is 1.43. The van der Waals surface area contributed by atoms with Crippen molar-refractivity contribution in [3.63, 3.8) is 0 Å². The molecule has 0 amide bonds. The van der Waals surface area contributed by atoms with Gasteiger partial charge in [-0.2, -0.15) is 5.26 Å². The van der Waals surface area contributed by atoms with Crippen LogP contribution in [0.15, 0.2) is 66.7 Å². The highest BCUT2D eigenvalue weighted by Crippen LogP contribution is 2.24. The molecule has 3 aromatic carbocycles. The molecule has 0 unspecified atom stereocenters. The molecule has 0 radical (unpaired) electrons. The number of fused-ring (bicyclic) bond motifs is 1. The highest BCUT2D eigenvalue weighted by molar-refractivity contribution is 5.80. The molecule has 0 saturated heterocycles. The van der Waals surface area contributed by atoms with Crippen LogP contribution in [0.5, 0.6) is 0 Å². The number of imidazole rings is 1. The molecule has 32 heavy (non-hydrogen) atoms. The number of nitrogens with one attached hydrogen (secondary N) is 1. The molecule has 0 aliphatic rings. The highest BCUT2D eigenvalue weighted by Gasteiger charge is 2.13. The summed E-state index contributed by atoms with van der Waals surface area (Å²) in [6.45, 7) is 7.50. The molecule has 0 saturated carbocycles. The maximum absolute atomic E-state index is 8.95. The molecule has 0 fully saturated rings. The fourth-order valence-electron chi connectivity index (χ4n) is 3.91. The number of nitrogens with zero attached hydrogens (tertiary/aromatic N) is 3. The largest absolute Gasteiger partial charge is 0.381 e. The third kappa shape index (κ3) is 4.84. The lowest BCUT2D eigenvalue weighted by Crippen LogP contribution is -2.11. The number of rotatable bonds is 6. The van der Waals surface area contributed by atoms with Crippen molar-refractivity contribution in [1.29, 1.82) is 5.26 Å². The molecule has 162 valence electrons. The Morgan fingerprint density at radius 1 is 0.906 bits per heavy atom. The van der Waals surface area contributed by atoms with Crippen LogP contribution in [0.2, 0.25) is 0 Å². The van der Waals surface area contributed by atoms with E-state index in [4.69, 9.17) is 10.2 Å². The lowest BCUT2D eigenvalue weighted by Gasteiger charge is -2.19. The van der Waals surface area contributed by atoms with Crippen molar-refractivity contribution in [2.24, 2.45) is 7.05 Å². The number of hydrogen-bond acceptors (Lipinski definition) is 3. The van der Waals surface area contributed by atoms with E-state index >= 15 is 0 Å². The minimum absolute atomic E-state index is 0.174. The smallest absolute Gasteiger partial charge is 0.109 e. The maximum atomic E-state index is 8.95. The third-order valence-electron chi connectivity index (χ3n) is 6.01.